The van der Waals surface area contributed by atoms with Crippen molar-refractivity contribution >= 4 is 28.6 Å². The lowest BCUT2D eigenvalue weighted by molar-refractivity contribution is 0.0972. The van der Waals surface area contributed by atoms with Crippen molar-refractivity contribution in [3.8, 4) is 33.8 Å². The van der Waals surface area contributed by atoms with Crippen LogP contribution in [0.5, 0.6) is 0 Å². The average Bonchev–Trinajstić information content (AvgIpc) is 3.26. The number of aryl methyl sites for hydroxylation is 2. The van der Waals surface area contributed by atoms with E-state index in [-0.39, 0.29) is 19.6 Å². The summed E-state index contributed by atoms with van der Waals surface area (Å²) in [6.07, 6.45) is -1.19. The lowest BCUT2D eigenvalue weighted by Crippen LogP contribution is -2.56. The molecule has 1 aliphatic heterocycles. The molecule has 3 heterocycles. The van der Waals surface area contributed by atoms with E-state index in [2.05, 4.69) is 21.4 Å². The van der Waals surface area contributed by atoms with E-state index in [0.29, 0.717) is 16.4 Å². The van der Waals surface area contributed by atoms with E-state index in [0.717, 1.165) is 32.3 Å². The Kier molecular flexibility index (Phi) is 6.62. The van der Waals surface area contributed by atoms with Crippen molar-refractivity contribution < 1.29 is 14.7 Å². The molecular formula is C24H21N7O3S. The molecule has 3 aromatic rings. The van der Waals surface area contributed by atoms with Crippen LogP contribution in [0.15, 0.2) is 36.4 Å². The normalized spacial score (nSPS) is 15.3. The van der Waals surface area contributed by atoms with Crippen molar-refractivity contribution in [2.45, 2.75) is 19.9 Å². The van der Waals surface area contributed by atoms with Crippen molar-refractivity contribution in [1.82, 2.24) is 19.8 Å². The first-order valence-corrected chi connectivity index (χ1v) is 11.5. The Morgan fingerprint density at radius 1 is 1.11 bits per heavy atom. The summed E-state index contributed by atoms with van der Waals surface area (Å²) in [4.78, 5) is 36.6. The molecule has 0 saturated carbocycles. The van der Waals surface area contributed by atoms with E-state index in [4.69, 9.17) is 0 Å². The van der Waals surface area contributed by atoms with E-state index in [1.54, 1.807) is 18.2 Å². The lowest BCUT2D eigenvalue weighted by Gasteiger charge is -2.36. The molecule has 176 valence electrons. The number of hydrogen-bond donors (Lipinski definition) is 2. The van der Waals surface area contributed by atoms with Gasteiger partial charge in [0.25, 0.3) is 0 Å². The fourth-order valence-electron chi connectivity index (χ4n) is 3.94. The van der Waals surface area contributed by atoms with Crippen molar-refractivity contribution in [2.75, 3.05) is 25.0 Å². The minimum atomic E-state index is -1.19. The Labute approximate surface area is 205 Å². The second kappa shape index (κ2) is 9.79. The number of carboxylic acid groups (broad SMARTS) is 1. The third-order valence-corrected chi connectivity index (χ3v) is 6.53. The van der Waals surface area contributed by atoms with Gasteiger partial charge in [-0.3, -0.25) is 15.2 Å². The zero-order valence-corrected chi connectivity index (χ0v) is 19.8. The molecule has 35 heavy (non-hydrogen) atoms. The molecule has 11 heteroatoms. The number of hydrogen-bond acceptors (Lipinski definition) is 7. The molecule has 1 aromatic carbocycles. The second-order valence-electron chi connectivity index (χ2n) is 8.02. The summed E-state index contributed by atoms with van der Waals surface area (Å²) >= 11 is 1.29. The fraction of sp³-hybridized carbons (Fsp3) is 0.250. The zero-order valence-electron chi connectivity index (χ0n) is 19.0. The van der Waals surface area contributed by atoms with Gasteiger partial charge in [-0.05, 0) is 43.7 Å². The van der Waals surface area contributed by atoms with Crippen LogP contribution in [0, 0.1) is 36.5 Å². The van der Waals surface area contributed by atoms with Gasteiger partial charge in [0.1, 0.15) is 6.04 Å². The molecule has 1 aliphatic rings. The van der Waals surface area contributed by atoms with Crippen molar-refractivity contribution in [1.29, 1.82) is 10.5 Å². The molecule has 2 aromatic heterocycles. The van der Waals surface area contributed by atoms with Gasteiger partial charge >= 0.3 is 12.1 Å². The molecule has 1 fully saturated rings. The zero-order chi connectivity index (χ0) is 25.1. The lowest BCUT2D eigenvalue weighted by atomic mass is 10.0. The van der Waals surface area contributed by atoms with Crippen LogP contribution in [0.3, 0.4) is 0 Å². The number of nitriles is 2. The third kappa shape index (κ3) is 5.05. The quantitative estimate of drug-likeness (QED) is 0.566. The second-order valence-corrected chi connectivity index (χ2v) is 9.02. The van der Waals surface area contributed by atoms with Crippen LogP contribution >= 0.6 is 11.3 Å². The predicted molar refractivity (Wildman–Crippen MR) is 130 cm³/mol. The van der Waals surface area contributed by atoms with Gasteiger partial charge in [0.15, 0.2) is 5.13 Å². The topological polar surface area (TPSA) is 146 Å². The summed E-state index contributed by atoms with van der Waals surface area (Å²) in [5, 5.41) is 31.1. The Morgan fingerprint density at radius 2 is 1.86 bits per heavy atom. The molecule has 4 rings (SSSR count). The minimum Gasteiger partial charge on any atom is -0.465 e. The Hall–Kier alpha value is -4.48. The summed E-state index contributed by atoms with van der Waals surface area (Å²) in [6.45, 7) is 3.98. The number of nitrogens with zero attached hydrogens (tertiary/aromatic N) is 6. The highest BCUT2D eigenvalue weighted by Crippen LogP contribution is 2.39. The van der Waals surface area contributed by atoms with Crippen LogP contribution in [-0.2, 0) is 0 Å². The van der Waals surface area contributed by atoms with E-state index in [1.807, 2.05) is 38.1 Å². The van der Waals surface area contributed by atoms with E-state index in [9.17, 15) is 25.2 Å². The van der Waals surface area contributed by atoms with Gasteiger partial charge in [-0.15, -0.1) is 0 Å². The Morgan fingerprint density at radius 3 is 2.51 bits per heavy atom. The highest BCUT2D eigenvalue weighted by molar-refractivity contribution is 7.19. The van der Waals surface area contributed by atoms with Gasteiger partial charge in [-0.2, -0.15) is 10.5 Å². The van der Waals surface area contributed by atoms with Crippen LogP contribution < -0.4 is 5.32 Å². The number of thiazole rings is 1. The van der Waals surface area contributed by atoms with Gasteiger partial charge in [-0.25, -0.2) is 14.6 Å². The molecule has 0 bridgehead atoms. The summed E-state index contributed by atoms with van der Waals surface area (Å²) in [5.74, 6) is 0. The standard InChI is InChI=1S/C24H21N7O3S/c1-14-8-18(9-15(2)27-14)21-20(17-5-3-4-16(10-17)11-25)28-22(35-21)29-23(32)30-6-7-31(24(33)34)19(12-26)13-30/h3-5,8-10,19H,6-7,13H2,1-2H3,(H,33,34)(H,28,29,32)/t19-/m0/s1. The fourth-order valence-corrected chi connectivity index (χ4v) is 4.91. The summed E-state index contributed by atoms with van der Waals surface area (Å²) in [5.41, 5.74) is 4.43. The number of urea groups is 1. The first kappa shape index (κ1) is 23.7. The number of carbonyl (C=O) groups is 2. The SMILES string of the molecule is Cc1cc(-c2sc(NC(=O)N3CCN(C(=O)O)[C@@H](C#N)C3)nc2-c2cccc(C#N)c2)cc(C)n1. The number of carbonyl (C=O) groups excluding carboxylic acids is 1. The van der Waals surface area contributed by atoms with Crippen molar-refractivity contribution in [3.63, 3.8) is 0 Å². The summed E-state index contributed by atoms with van der Waals surface area (Å²) < 4.78 is 0. The molecule has 1 atom stereocenters. The number of benzene rings is 1. The number of rotatable bonds is 3. The van der Waals surface area contributed by atoms with Crippen LogP contribution in [0.2, 0.25) is 0 Å². The summed E-state index contributed by atoms with van der Waals surface area (Å²) in [7, 11) is 0. The Bertz CT molecular complexity index is 1370. The van der Waals surface area contributed by atoms with Crippen LogP contribution in [0.1, 0.15) is 17.0 Å². The molecule has 3 amide bonds. The number of aromatic nitrogens is 2. The molecule has 10 nitrogen and oxygen atoms in total. The van der Waals surface area contributed by atoms with Gasteiger partial charge < -0.3 is 10.0 Å². The van der Waals surface area contributed by atoms with E-state index < -0.39 is 18.2 Å². The minimum absolute atomic E-state index is 0.0350. The average molecular weight is 488 g/mol. The maximum atomic E-state index is 13.0. The Balaban J connectivity index is 1.67. The highest BCUT2D eigenvalue weighted by atomic mass is 32.1. The molecule has 0 unspecified atom stereocenters. The molecule has 2 N–H and O–H groups in total. The number of anilines is 1. The molecule has 0 aliphatic carbocycles. The number of pyridine rings is 1. The number of nitrogens with one attached hydrogen (secondary N) is 1. The molecule has 1 saturated heterocycles. The number of piperazine rings is 1. The number of amides is 3. The van der Waals surface area contributed by atoms with E-state index in [1.165, 1.54) is 16.2 Å². The molecule has 0 spiro atoms. The molecular weight excluding hydrogens is 466 g/mol. The van der Waals surface area contributed by atoms with E-state index >= 15 is 0 Å². The predicted octanol–water partition coefficient (Wildman–Crippen LogP) is 4.08. The smallest absolute Gasteiger partial charge is 0.408 e. The van der Waals surface area contributed by atoms with Gasteiger partial charge in [0.05, 0.1) is 34.8 Å². The molecule has 0 radical (unpaired) electrons. The maximum absolute atomic E-state index is 13.0. The van der Waals surface area contributed by atoms with Crippen LogP contribution in [-0.4, -0.2) is 62.7 Å². The third-order valence-electron chi connectivity index (χ3n) is 5.51. The van der Waals surface area contributed by atoms with Crippen molar-refractivity contribution in [3.05, 3.63) is 53.3 Å². The van der Waals surface area contributed by atoms with Crippen molar-refractivity contribution in [2.24, 2.45) is 0 Å². The first-order valence-electron chi connectivity index (χ1n) is 10.7. The highest BCUT2D eigenvalue weighted by Gasteiger charge is 2.33. The maximum Gasteiger partial charge on any atom is 0.408 e. The first-order chi connectivity index (χ1) is 16.8. The van der Waals surface area contributed by atoms with Gasteiger partial charge in [0, 0.05) is 30.0 Å². The summed E-state index contributed by atoms with van der Waals surface area (Å²) in [6, 6.07) is 13.6. The van der Waals surface area contributed by atoms with Crippen LogP contribution in [0.4, 0.5) is 14.7 Å². The van der Waals surface area contributed by atoms with Gasteiger partial charge in [0.2, 0.25) is 0 Å². The van der Waals surface area contributed by atoms with Crippen LogP contribution in [0.25, 0.3) is 21.7 Å². The van der Waals surface area contributed by atoms with Gasteiger partial charge in [-0.1, -0.05) is 23.5 Å². The monoisotopic (exact) mass is 487 g/mol. The largest absolute Gasteiger partial charge is 0.465 e.